The van der Waals surface area contributed by atoms with Crippen LogP contribution in [0.25, 0.3) is 0 Å². The monoisotopic (exact) mass is 256 g/mol. The Balaban J connectivity index is 1.64. The van der Waals surface area contributed by atoms with Crippen molar-refractivity contribution in [3.05, 3.63) is 41.7 Å². The molecule has 1 atom stereocenters. The highest BCUT2D eigenvalue weighted by atomic mass is 16.5. The van der Waals surface area contributed by atoms with Crippen molar-refractivity contribution in [2.24, 2.45) is 0 Å². The maximum absolute atomic E-state index is 5.86. The average molecular weight is 256 g/mol. The van der Waals surface area contributed by atoms with Crippen molar-refractivity contribution in [1.29, 1.82) is 0 Å². The van der Waals surface area contributed by atoms with Gasteiger partial charge in [0.15, 0.2) is 0 Å². The fraction of sp³-hybridized carbons (Fsp3) is 0.286. The lowest BCUT2D eigenvalue weighted by Crippen LogP contribution is -2.24. The number of hydrogen-bond donors (Lipinski definition) is 2. The Kier molecular flexibility index (Phi) is 2.95. The first-order valence-electron chi connectivity index (χ1n) is 6.29. The molecule has 19 heavy (non-hydrogen) atoms. The van der Waals surface area contributed by atoms with Crippen molar-refractivity contribution in [3.8, 4) is 5.75 Å². The zero-order chi connectivity index (χ0) is 13.2. The summed E-state index contributed by atoms with van der Waals surface area (Å²) in [7, 11) is 0. The molecule has 2 aromatic rings. The van der Waals surface area contributed by atoms with Gasteiger partial charge in [0.05, 0.1) is 6.54 Å². The molecule has 5 nitrogen and oxygen atoms in total. The molecular formula is C14H16N4O. The molecule has 1 aromatic carbocycles. The van der Waals surface area contributed by atoms with Gasteiger partial charge in [0.1, 0.15) is 29.8 Å². The van der Waals surface area contributed by atoms with Crippen LogP contribution >= 0.6 is 0 Å². The Bertz CT molecular complexity index is 575. The minimum absolute atomic E-state index is 0.132. The quantitative estimate of drug-likeness (QED) is 0.875. The molecule has 1 aromatic heterocycles. The van der Waals surface area contributed by atoms with Crippen LogP contribution in [0, 0.1) is 6.92 Å². The highest BCUT2D eigenvalue weighted by molar-refractivity contribution is 5.54. The maximum Gasteiger partial charge on any atom is 0.134 e. The SMILES string of the molecule is Cc1c(N)ncnc1NCC1Cc2ccccc2O1. The van der Waals surface area contributed by atoms with Gasteiger partial charge < -0.3 is 15.8 Å². The number of benzene rings is 1. The predicted molar refractivity (Wildman–Crippen MR) is 74.2 cm³/mol. The standard InChI is InChI=1S/C14H16N4O/c1-9-13(15)17-8-18-14(9)16-7-11-6-10-4-2-3-5-12(10)19-11/h2-5,8,11H,6-7H2,1H3,(H3,15,16,17,18). The number of aromatic nitrogens is 2. The van der Waals surface area contributed by atoms with E-state index >= 15 is 0 Å². The number of nitrogens with one attached hydrogen (secondary N) is 1. The van der Waals surface area contributed by atoms with Crippen LogP contribution in [-0.2, 0) is 6.42 Å². The lowest BCUT2D eigenvalue weighted by atomic mass is 10.1. The van der Waals surface area contributed by atoms with Gasteiger partial charge in [-0.2, -0.15) is 0 Å². The van der Waals surface area contributed by atoms with Crippen LogP contribution in [0.1, 0.15) is 11.1 Å². The number of anilines is 2. The lowest BCUT2D eigenvalue weighted by Gasteiger charge is -2.14. The molecule has 0 saturated carbocycles. The summed E-state index contributed by atoms with van der Waals surface area (Å²) >= 11 is 0. The zero-order valence-corrected chi connectivity index (χ0v) is 10.8. The van der Waals surface area contributed by atoms with Crippen molar-refractivity contribution in [2.75, 3.05) is 17.6 Å². The van der Waals surface area contributed by atoms with Crippen LogP contribution < -0.4 is 15.8 Å². The van der Waals surface area contributed by atoms with E-state index in [1.807, 2.05) is 25.1 Å². The Morgan fingerprint density at radius 1 is 1.37 bits per heavy atom. The predicted octanol–water partition coefficient (Wildman–Crippen LogP) is 1.78. The molecule has 3 rings (SSSR count). The number of nitrogen functional groups attached to an aromatic ring is 1. The highest BCUT2D eigenvalue weighted by Gasteiger charge is 2.22. The van der Waals surface area contributed by atoms with Gasteiger partial charge in [0.2, 0.25) is 0 Å². The topological polar surface area (TPSA) is 73.1 Å². The van der Waals surface area contributed by atoms with Crippen molar-refractivity contribution in [1.82, 2.24) is 9.97 Å². The van der Waals surface area contributed by atoms with Crippen LogP contribution in [0.3, 0.4) is 0 Å². The number of nitrogens with zero attached hydrogens (tertiary/aromatic N) is 2. The second-order valence-electron chi connectivity index (χ2n) is 4.67. The van der Waals surface area contributed by atoms with Crippen molar-refractivity contribution < 1.29 is 4.74 Å². The van der Waals surface area contributed by atoms with E-state index in [1.54, 1.807) is 0 Å². The van der Waals surface area contributed by atoms with Gasteiger partial charge in [-0.3, -0.25) is 0 Å². The van der Waals surface area contributed by atoms with Crippen molar-refractivity contribution >= 4 is 11.6 Å². The van der Waals surface area contributed by atoms with Crippen LogP contribution in [0.15, 0.2) is 30.6 Å². The van der Waals surface area contributed by atoms with E-state index in [2.05, 4.69) is 21.4 Å². The summed E-state index contributed by atoms with van der Waals surface area (Å²) in [5, 5.41) is 3.27. The van der Waals surface area contributed by atoms with Crippen LogP contribution in [0.2, 0.25) is 0 Å². The number of ether oxygens (including phenoxy) is 1. The number of hydrogen-bond acceptors (Lipinski definition) is 5. The molecule has 0 aliphatic carbocycles. The summed E-state index contributed by atoms with van der Waals surface area (Å²) in [5.41, 5.74) is 7.88. The first-order valence-corrected chi connectivity index (χ1v) is 6.29. The van der Waals surface area contributed by atoms with Gasteiger partial charge in [0.25, 0.3) is 0 Å². The van der Waals surface area contributed by atoms with Crippen LogP contribution in [0.5, 0.6) is 5.75 Å². The summed E-state index contributed by atoms with van der Waals surface area (Å²) in [5.74, 6) is 2.26. The van der Waals surface area contributed by atoms with Gasteiger partial charge in [-0.1, -0.05) is 18.2 Å². The molecule has 1 aliphatic heterocycles. The van der Waals surface area contributed by atoms with E-state index in [-0.39, 0.29) is 6.10 Å². The molecule has 1 aliphatic rings. The van der Waals surface area contributed by atoms with E-state index in [1.165, 1.54) is 11.9 Å². The number of rotatable bonds is 3. The van der Waals surface area contributed by atoms with E-state index in [0.29, 0.717) is 12.4 Å². The van der Waals surface area contributed by atoms with Gasteiger partial charge in [-0.15, -0.1) is 0 Å². The van der Waals surface area contributed by atoms with Gasteiger partial charge in [0, 0.05) is 12.0 Å². The minimum atomic E-state index is 0.132. The first-order chi connectivity index (χ1) is 9.24. The Morgan fingerprint density at radius 3 is 3.05 bits per heavy atom. The van der Waals surface area contributed by atoms with E-state index in [4.69, 9.17) is 10.5 Å². The maximum atomic E-state index is 5.86. The molecule has 0 bridgehead atoms. The molecular weight excluding hydrogens is 240 g/mol. The van der Waals surface area contributed by atoms with Gasteiger partial charge in [-0.25, -0.2) is 9.97 Å². The largest absolute Gasteiger partial charge is 0.488 e. The highest BCUT2D eigenvalue weighted by Crippen LogP contribution is 2.28. The molecule has 1 unspecified atom stereocenters. The molecule has 0 spiro atoms. The number of nitrogens with two attached hydrogens (primary N) is 1. The normalized spacial score (nSPS) is 16.8. The molecule has 3 N–H and O–H groups in total. The molecule has 2 heterocycles. The number of fused-ring (bicyclic) bond motifs is 1. The van der Waals surface area contributed by atoms with Gasteiger partial charge >= 0.3 is 0 Å². The summed E-state index contributed by atoms with van der Waals surface area (Å²) in [4.78, 5) is 8.14. The third-order valence-corrected chi connectivity index (χ3v) is 3.33. The smallest absolute Gasteiger partial charge is 0.134 e. The summed E-state index contributed by atoms with van der Waals surface area (Å²) < 4.78 is 5.86. The number of para-hydroxylation sites is 1. The summed E-state index contributed by atoms with van der Waals surface area (Å²) in [6.07, 6.45) is 2.52. The minimum Gasteiger partial charge on any atom is -0.488 e. The van der Waals surface area contributed by atoms with E-state index < -0.39 is 0 Å². The van der Waals surface area contributed by atoms with Crippen LogP contribution in [0.4, 0.5) is 11.6 Å². The van der Waals surface area contributed by atoms with Gasteiger partial charge in [-0.05, 0) is 18.6 Å². The molecule has 98 valence electrons. The Morgan fingerprint density at radius 2 is 2.21 bits per heavy atom. The fourth-order valence-corrected chi connectivity index (χ4v) is 2.22. The van der Waals surface area contributed by atoms with E-state index in [9.17, 15) is 0 Å². The lowest BCUT2D eigenvalue weighted by molar-refractivity contribution is 0.246. The summed E-state index contributed by atoms with van der Waals surface area (Å²) in [6.45, 7) is 2.61. The first kappa shape index (κ1) is 11.8. The van der Waals surface area contributed by atoms with Crippen molar-refractivity contribution in [2.45, 2.75) is 19.4 Å². The molecule has 0 amide bonds. The molecule has 0 radical (unpaired) electrons. The molecule has 0 saturated heterocycles. The van der Waals surface area contributed by atoms with Crippen LogP contribution in [-0.4, -0.2) is 22.6 Å². The second-order valence-corrected chi connectivity index (χ2v) is 4.67. The molecule has 5 heteroatoms. The third-order valence-electron chi connectivity index (χ3n) is 3.33. The second kappa shape index (κ2) is 4.76. The summed E-state index contributed by atoms with van der Waals surface area (Å²) in [6, 6.07) is 8.13. The molecule has 0 fully saturated rings. The zero-order valence-electron chi connectivity index (χ0n) is 10.8. The van der Waals surface area contributed by atoms with Crippen molar-refractivity contribution in [3.63, 3.8) is 0 Å². The fourth-order valence-electron chi connectivity index (χ4n) is 2.22. The third kappa shape index (κ3) is 2.31. The average Bonchev–Trinajstić information content (AvgIpc) is 2.83. The van der Waals surface area contributed by atoms with E-state index in [0.717, 1.165) is 23.6 Å². The Hall–Kier alpha value is -2.30. The Labute approximate surface area is 111 Å².